The molecule has 152 valence electrons. The molecule has 3 aromatic rings. The molecule has 0 aliphatic carbocycles. The van der Waals surface area contributed by atoms with Gasteiger partial charge in [-0.15, -0.1) is 0 Å². The first-order valence-electron chi connectivity index (χ1n) is 9.26. The Morgan fingerprint density at radius 1 is 1.03 bits per heavy atom. The molecule has 0 saturated carbocycles. The van der Waals surface area contributed by atoms with Crippen LogP contribution in [0.2, 0.25) is 0 Å². The topological polar surface area (TPSA) is 55.8 Å². The summed E-state index contributed by atoms with van der Waals surface area (Å²) in [6, 6.07) is 19.2. The molecule has 0 bridgehead atoms. The predicted molar refractivity (Wildman–Crippen MR) is 123 cm³/mol. The molecular weight excluding hydrogens is 466 g/mol. The van der Waals surface area contributed by atoms with Crippen LogP contribution < -0.4 is 9.47 Å². The van der Waals surface area contributed by atoms with Gasteiger partial charge in [0.15, 0.2) is 0 Å². The maximum atomic E-state index is 12.8. The van der Waals surface area contributed by atoms with E-state index in [1.807, 2.05) is 54.6 Å². The molecule has 1 aliphatic heterocycles. The lowest BCUT2D eigenvalue weighted by molar-refractivity contribution is -0.123. The Balaban J connectivity index is 1.46. The molecule has 1 fully saturated rings. The number of hydrogen-bond acceptors (Lipinski definition) is 5. The van der Waals surface area contributed by atoms with E-state index in [9.17, 15) is 9.59 Å². The van der Waals surface area contributed by atoms with E-state index in [0.29, 0.717) is 10.7 Å². The van der Waals surface area contributed by atoms with E-state index in [2.05, 4.69) is 15.9 Å². The Bertz CT molecular complexity index is 1160. The van der Waals surface area contributed by atoms with Crippen molar-refractivity contribution in [1.29, 1.82) is 0 Å². The quantitative estimate of drug-likeness (QED) is 0.419. The van der Waals surface area contributed by atoms with E-state index in [4.69, 9.17) is 9.47 Å². The SMILES string of the molecule is COc1ccc(Br)cc1/C=C1\SC(=O)N(CCOc2cccc3ccccc23)C1=O. The Kier molecular flexibility index (Phi) is 6.11. The number of imide groups is 1. The van der Waals surface area contributed by atoms with Gasteiger partial charge in [-0.05, 0) is 47.5 Å². The third-order valence-electron chi connectivity index (χ3n) is 4.67. The molecule has 1 heterocycles. The highest BCUT2D eigenvalue weighted by atomic mass is 79.9. The summed E-state index contributed by atoms with van der Waals surface area (Å²) in [5.74, 6) is 1.03. The lowest BCUT2D eigenvalue weighted by Gasteiger charge is -2.14. The van der Waals surface area contributed by atoms with Gasteiger partial charge in [-0.25, -0.2) is 0 Å². The van der Waals surface area contributed by atoms with Crippen molar-refractivity contribution in [2.45, 2.75) is 0 Å². The van der Waals surface area contributed by atoms with Gasteiger partial charge in [0.1, 0.15) is 18.1 Å². The summed E-state index contributed by atoms with van der Waals surface area (Å²) in [4.78, 5) is 26.7. The predicted octanol–water partition coefficient (Wildman–Crippen LogP) is 5.73. The third-order valence-corrected chi connectivity index (χ3v) is 6.07. The van der Waals surface area contributed by atoms with Crippen molar-refractivity contribution in [3.8, 4) is 11.5 Å². The number of benzene rings is 3. The summed E-state index contributed by atoms with van der Waals surface area (Å²) in [5, 5.41) is 1.77. The average molecular weight is 484 g/mol. The normalized spacial score (nSPS) is 15.3. The number of thioether (sulfide) groups is 1. The maximum absolute atomic E-state index is 12.8. The Labute approximate surface area is 186 Å². The molecule has 0 spiro atoms. The lowest BCUT2D eigenvalue weighted by atomic mass is 10.1. The lowest BCUT2D eigenvalue weighted by Crippen LogP contribution is -2.32. The van der Waals surface area contributed by atoms with Crippen LogP contribution in [0.25, 0.3) is 16.8 Å². The second kappa shape index (κ2) is 8.93. The van der Waals surface area contributed by atoms with Crippen LogP contribution in [0.3, 0.4) is 0 Å². The van der Waals surface area contributed by atoms with E-state index >= 15 is 0 Å². The van der Waals surface area contributed by atoms with E-state index in [1.54, 1.807) is 19.3 Å². The standard InChI is InChI=1S/C23H18BrNO4S/c1-28-19-10-9-17(24)13-16(19)14-21-22(26)25(23(27)30-21)11-12-29-20-8-4-6-15-5-2-3-7-18(15)20/h2-10,13-14H,11-12H2,1H3/b21-14-. The molecular formula is C23H18BrNO4S. The van der Waals surface area contributed by atoms with Gasteiger partial charge in [-0.2, -0.15) is 0 Å². The summed E-state index contributed by atoms with van der Waals surface area (Å²) in [7, 11) is 1.57. The molecule has 0 N–H and O–H groups in total. The van der Waals surface area contributed by atoms with Crippen molar-refractivity contribution in [1.82, 2.24) is 4.90 Å². The zero-order valence-corrected chi connectivity index (χ0v) is 18.5. The summed E-state index contributed by atoms with van der Waals surface area (Å²) in [6.45, 7) is 0.403. The number of carbonyl (C=O) groups excluding carboxylic acids is 2. The van der Waals surface area contributed by atoms with Crippen molar-refractivity contribution < 1.29 is 19.1 Å². The van der Waals surface area contributed by atoms with Gasteiger partial charge in [0.05, 0.1) is 18.6 Å². The van der Waals surface area contributed by atoms with Crippen LogP contribution in [0.1, 0.15) is 5.56 Å². The van der Waals surface area contributed by atoms with Crippen LogP contribution in [0.4, 0.5) is 4.79 Å². The highest BCUT2D eigenvalue weighted by Gasteiger charge is 2.35. The number of halogens is 1. The Morgan fingerprint density at radius 3 is 2.67 bits per heavy atom. The average Bonchev–Trinajstić information content (AvgIpc) is 3.01. The first-order chi connectivity index (χ1) is 14.6. The number of ether oxygens (including phenoxy) is 2. The van der Waals surface area contributed by atoms with E-state index in [0.717, 1.165) is 38.3 Å². The van der Waals surface area contributed by atoms with Gasteiger partial charge in [-0.1, -0.05) is 52.3 Å². The van der Waals surface area contributed by atoms with Gasteiger partial charge >= 0.3 is 0 Å². The minimum Gasteiger partial charge on any atom is -0.496 e. The number of rotatable bonds is 6. The molecule has 7 heteroatoms. The highest BCUT2D eigenvalue weighted by molar-refractivity contribution is 9.10. The second-order valence-corrected chi connectivity index (χ2v) is 8.45. The van der Waals surface area contributed by atoms with Crippen molar-refractivity contribution in [3.63, 3.8) is 0 Å². The molecule has 30 heavy (non-hydrogen) atoms. The van der Waals surface area contributed by atoms with Gasteiger partial charge in [0, 0.05) is 15.4 Å². The molecule has 5 nitrogen and oxygen atoms in total. The fourth-order valence-electron chi connectivity index (χ4n) is 3.22. The monoisotopic (exact) mass is 483 g/mol. The smallest absolute Gasteiger partial charge is 0.293 e. The van der Waals surface area contributed by atoms with Gasteiger partial charge in [0.25, 0.3) is 11.1 Å². The van der Waals surface area contributed by atoms with Gasteiger partial charge in [0.2, 0.25) is 0 Å². The number of nitrogens with zero attached hydrogens (tertiary/aromatic N) is 1. The molecule has 0 radical (unpaired) electrons. The van der Waals surface area contributed by atoms with Crippen LogP contribution in [0.5, 0.6) is 11.5 Å². The van der Waals surface area contributed by atoms with Crippen LogP contribution in [0.15, 0.2) is 70.0 Å². The molecule has 0 aromatic heterocycles. The number of amides is 2. The fraction of sp³-hybridized carbons (Fsp3) is 0.130. The van der Waals surface area contributed by atoms with Crippen LogP contribution >= 0.6 is 27.7 Å². The summed E-state index contributed by atoms with van der Waals surface area (Å²) >= 11 is 4.34. The zero-order chi connectivity index (χ0) is 21.1. The zero-order valence-electron chi connectivity index (χ0n) is 16.1. The fourth-order valence-corrected chi connectivity index (χ4v) is 4.46. The minimum atomic E-state index is -0.325. The first-order valence-corrected chi connectivity index (χ1v) is 10.9. The molecule has 0 atom stereocenters. The molecule has 4 rings (SSSR count). The van der Waals surface area contributed by atoms with Crippen LogP contribution in [-0.4, -0.2) is 36.3 Å². The summed E-state index contributed by atoms with van der Waals surface area (Å²) in [6.07, 6.45) is 1.68. The molecule has 2 amide bonds. The highest BCUT2D eigenvalue weighted by Crippen LogP contribution is 2.35. The van der Waals surface area contributed by atoms with Crippen molar-refractivity contribution in [2.24, 2.45) is 0 Å². The van der Waals surface area contributed by atoms with E-state index < -0.39 is 0 Å². The van der Waals surface area contributed by atoms with Crippen LogP contribution in [0, 0.1) is 0 Å². The largest absolute Gasteiger partial charge is 0.496 e. The molecule has 3 aromatic carbocycles. The number of carbonyl (C=O) groups is 2. The molecule has 0 unspecified atom stereocenters. The van der Waals surface area contributed by atoms with Crippen molar-refractivity contribution in [2.75, 3.05) is 20.3 Å². The Hall–Kier alpha value is -2.77. The summed E-state index contributed by atoms with van der Waals surface area (Å²) in [5.41, 5.74) is 0.726. The van der Waals surface area contributed by atoms with Crippen LogP contribution in [-0.2, 0) is 4.79 Å². The first kappa shape index (κ1) is 20.5. The number of methoxy groups -OCH3 is 1. The van der Waals surface area contributed by atoms with E-state index in [1.165, 1.54) is 4.90 Å². The molecule has 1 saturated heterocycles. The van der Waals surface area contributed by atoms with Crippen molar-refractivity contribution in [3.05, 3.63) is 75.6 Å². The van der Waals surface area contributed by atoms with Crippen molar-refractivity contribution >= 4 is 55.7 Å². The second-order valence-electron chi connectivity index (χ2n) is 6.55. The van der Waals surface area contributed by atoms with E-state index in [-0.39, 0.29) is 24.3 Å². The summed E-state index contributed by atoms with van der Waals surface area (Å²) < 4.78 is 12.1. The minimum absolute atomic E-state index is 0.181. The molecule has 1 aliphatic rings. The van der Waals surface area contributed by atoms with Gasteiger partial charge in [-0.3, -0.25) is 14.5 Å². The number of fused-ring (bicyclic) bond motifs is 1. The Morgan fingerprint density at radius 2 is 1.83 bits per heavy atom. The maximum Gasteiger partial charge on any atom is 0.293 e. The van der Waals surface area contributed by atoms with Gasteiger partial charge < -0.3 is 9.47 Å². The number of hydrogen-bond donors (Lipinski definition) is 0. The third kappa shape index (κ3) is 4.22.